The molecule has 0 spiro atoms. The first kappa shape index (κ1) is 11.8. The van der Waals surface area contributed by atoms with Gasteiger partial charge in [0.25, 0.3) is 0 Å². The molecule has 0 saturated heterocycles. The third kappa shape index (κ3) is 2.90. The first-order chi connectivity index (χ1) is 7.65. The molecule has 86 valence electrons. The molecule has 2 aromatic rings. The van der Waals surface area contributed by atoms with E-state index in [0.29, 0.717) is 6.04 Å². The second kappa shape index (κ2) is 5.08. The molecule has 1 atom stereocenters. The van der Waals surface area contributed by atoms with Crippen LogP contribution >= 0.6 is 22.7 Å². The maximum Gasteiger partial charge on any atom is 0.0897 e. The van der Waals surface area contributed by atoms with Crippen LogP contribution in [0.25, 0.3) is 0 Å². The van der Waals surface area contributed by atoms with Gasteiger partial charge in [0, 0.05) is 27.7 Å². The van der Waals surface area contributed by atoms with E-state index in [4.69, 9.17) is 0 Å². The second-order valence-corrected chi connectivity index (χ2v) is 6.29. The molecule has 1 N–H and O–H groups in total. The number of nitrogens with zero attached hydrogens (tertiary/aromatic N) is 1. The Kier molecular flexibility index (Phi) is 3.74. The minimum absolute atomic E-state index is 0.403. The molecule has 0 fully saturated rings. The minimum Gasteiger partial charge on any atom is -0.304 e. The average molecular weight is 252 g/mol. The number of aromatic nitrogens is 1. The van der Waals surface area contributed by atoms with Crippen molar-refractivity contribution in [1.82, 2.24) is 10.3 Å². The zero-order valence-electron chi connectivity index (χ0n) is 9.78. The summed E-state index contributed by atoms with van der Waals surface area (Å²) in [6, 6.07) is 4.77. The van der Waals surface area contributed by atoms with Gasteiger partial charge < -0.3 is 5.32 Å². The SMILES string of the molecule is Cc1ccc(C(C)NCc2csc(C)n2)s1. The predicted molar refractivity (Wildman–Crippen MR) is 71.2 cm³/mol. The first-order valence-electron chi connectivity index (χ1n) is 5.36. The summed E-state index contributed by atoms with van der Waals surface area (Å²) in [7, 11) is 0. The molecule has 2 heterocycles. The fraction of sp³-hybridized carbons (Fsp3) is 0.417. The van der Waals surface area contributed by atoms with Crippen LogP contribution in [-0.4, -0.2) is 4.98 Å². The monoisotopic (exact) mass is 252 g/mol. The van der Waals surface area contributed by atoms with Gasteiger partial charge in [-0.05, 0) is 32.9 Å². The number of thiophene rings is 1. The Hall–Kier alpha value is -0.710. The lowest BCUT2D eigenvalue weighted by Crippen LogP contribution is -2.17. The molecular formula is C12H16N2S2. The van der Waals surface area contributed by atoms with Gasteiger partial charge in [-0.1, -0.05) is 0 Å². The number of aryl methyl sites for hydroxylation is 2. The van der Waals surface area contributed by atoms with E-state index in [2.05, 4.69) is 41.7 Å². The Morgan fingerprint density at radius 1 is 1.38 bits per heavy atom. The Bertz CT molecular complexity index is 459. The van der Waals surface area contributed by atoms with Gasteiger partial charge in [0.2, 0.25) is 0 Å². The average Bonchev–Trinajstić information content (AvgIpc) is 2.84. The van der Waals surface area contributed by atoms with Crippen LogP contribution in [0, 0.1) is 13.8 Å². The van der Waals surface area contributed by atoms with Crippen molar-refractivity contribution in [2.75, 3.05) is 0 Å². The molecule has 0 aliphatic rings. The van der Waals surface area contributed by atoms with Gasteiger partial charge in [-0.25, -0.2) is 4.98 Å². The number of thiazole rings is 1. The molecule has 4 heteroatoms. The lowest BCUT2D eigenvalue weighted by atomic mass is 10.2. The maximum atomic E-state index is 4.44. The van der Waals surface area contributed by atoms with E-state index in [9.17, 15) is 0 Å². The largest absolute Gasteiger partial charge is 0.304 e. The highest BCUT2D eigenvalue weighted by molar-refractivity contribution is 7.12. The van der Waals surface area contributed by atoms with Gasteiger partial charge in [-0.3, -0.25) is 0 Å². The van der Waals surface area contributed by atoms with Crippen LogP contribution in [0.15, 0.2) is 17.5 Å². The topological polar surface area (TPSA) is 24.9 Å². The lowest BCUT2D eigenvalue weighted by Gasteiger charge is -2.10. The zero-order valence-corrected chi connectivity index (χ0v) is 11.4. The zero-order chi connectivity index (χ0) is 11.5. The molecule has 0 aliphatic heterocycles. The van der Waals surface area contributed by atoms with E-state index in [1.807, 2.05) is 18.3 Å². The lowest BCUT2D eigenvalue weighted by molar-refractivity contribution is 0.576. The molecule has 2 rings (SSSR count). The van der Waals surface area contributed by atoms with Crippen molar-refractivity contribution < 1.29 is 0 Å². The Morgan fingerprint density at radius 2 is 2.19 bits per heavy atom. The molecule has 2 aromatic heterocycles. The predicted octanol–water partition coefficient (Wildman–Crippen LogP) is 3.67. The number of hydrogen-bond acceptors (Lipinski definition) is 4. The molecule has 0 radical (unpaired) electrons. The summed E-state index contributed by atoms with van der Waals surface area (Å²) >= 11 is 3.56. The smallest absolute Gasteiger partial charge is 0.0897 e. The van der Waals surface area contributed by atoms with Crippen LogP contribution in [0.1, 0.15) is 33.4 Å². The number of rotatable bonds is 4. The normalized spacial score (nSPS) is 12.9. The van der Waals surface area contributed by atoms with Crippen LogP contribution in [0.2, 0.25) is 0 Å². The summed E-state index contributed by atoms with van der Waals surface area (Å²) in [5.41, 5.74) is 1.14. The summed E-state index contributed by atoms with van der Waals surface area (Å²) in [5.74, 6) is 0. The van der Waals surface area contributed by atoms with Crippen molar-refractivity contribution in [3.05, 3.63) is 38.0 Å². The van der Waals surface area contributed by atoms with E-state index in [1.54, 1.807) is 11.3 Å². The van der Waals surface area contributed by atoms with Gasteiger partial charge in [0.05, 0.1) is 10.7 Å². The van der Waals surface area contributed by atoms with E-state index in [1.165, 1.54) is 9.75 Å². The van der Waals surface area contributed by atoms with E-state index in [-0.39, 0.29) is 0 Å². The van der Waals surface area contributed by atoms with Gasteiger partial charge in [0.1, 0.15) is 0 Å². The molecule has 16 heavy (non-hydrogen) atoms. The highest BCUT2D eigenvalue weighted by atomic mass is 32.1. The fourth-order valence-electron chi connectivity index (χ4n) is 1.53. The van der Waals surface area contributed by atoms with Crippen molar-refractivity contribution in [2.24, 2.45) is 0 Å². The molecular weight excluding hydrogens is 236 g/mol. The second-order valence-electron chi connectivity index (χ2n) is 3.91. The van der Waals surface area contributed by atoms with Gasteiger partial charge in [0.15, 0.2) is 0 Å². The molecule has 2 nitrogen and oxygen atoms in total. The highest BCUT2D eigenvalue weighted by Crippen LogP contribution is 2.22. The molecule has 0 aliphatic carbocycles. The first-order valence-corrected chi connectivity index (χ1v) is 7.05. The van der Waals surface area contributed by atoms with Crippen molar-refractivity contribution in [3.8, 4) is 0 Å². The summed E-state index contributed by atoms with van der Waals surface area (Å²) in [4.78, 5) is 7.20. The highest BCUT2D eigenvalue weighted by Gasteiger charge is 2.07. The Labute approximate surface area is 104 Å². The van der Waals surface area contributed by atoms with Gasteiger partial charge >= 0.3 is 0 Å². The molecule has 0 saturated carbocycles. The summed E-state index contributed by atoms with van der Waals surface area (Å²) in [6.45, 7) is 7.23. The van der Waals surface area contributed by atoms with Crippen molar-refractivity contribution in [2.45, 2.75) is 33.4 Å². The van der Waals surface area contributed by atoms with E-state index < -0.39 is 0 Å². The summed E-state index contributed by atoms with van der Waals surface area (Å²) in [6.07, 6.45) is 0. The van der Waals surface area contributed by atoms with Crippen molar-refractivity contribution >= 4 is 22.7 Å². The van der Waals surface area contributed by atoms with E-state index >= 15 is 0 Å². The molecule has 0 amide bonds. The van der Waals surface area contributed by atoms with Crippen molar-refractivity contribution in [3.63, 3.8) is 0 Å². The van der Waals surface area contributed by atoms with Crippen LogP contribution in [0.4, 0.5) is 0 Å². The van der Waals surface area contributed by atoms with Gasteiger partial charge in [-0.15, -0.1) is 22.7 Å². The third-order valence-corrected chi connectivity index (χ3v) is 4.45. The molecule has 0 bridgehead atoms. The summed E-state index contributed by atoms with van der Waals surface area (Å²) < 4.78 is 0. The molecule has 0 aromatic carbocycles. The Balaban J connectivity index is 1.91. The van der Waals surface area contributed by atoms with Crippen LogP contribution in [0.5, 0.6) is 0 Å². The van der Waals surface area contributed by atoms with Crippen LogP contribution < -0.4 is 5.32 Å². The van der Waals surface area contributed by atoms with Gasteiger partial charge in [-0.2, -0.15) is 0 Å². The maximum absolute atomic E-state index is 4.44. The van der Waals surface area contributed by atoms with Crippen LogP contribution in [-0.2, 0) is 6.54 Å². The standard InChI is InChI=1S/C12H16N2S2/c1-8-4-5-12(16-8)9(2)13-6-11-7-15-10(3)14-11/h4-5,7,9,13H,6H2,1-3H3. The Morgan fingerprint density at radius 3 is 2.75 bits per heavy atom. The molecule has 1 unspecified atom stereocenters. The quantitative estimate of drug-likeness (QED) is 0.898. The van der Waals surface area contributed by atoms with E-state index in [0.717, 1.165) is 17.2 Å². The van der Waals surface area contributed by atoms with Crippen LogP contribution in [0.3, 0.4) is 0 Å². The fourth-order valence-corrected chi connectivity index (χ4v) is 3.05. The number of hydrogen-bond donors (Lipinski definition) is 1. The van der Waals surface area contributed by atoms with Crippen molar-refractivity contribution in [1.29, 1.82) is 0 Å². The third-order valence-electron chi connectivity index (χ3n) is 2.44. The minimum atomic E-state index is 0.403. The summed E-state index contributed by atoms with van der Waals surface area (Å²) in [5, 5.41) is 6.75. The number of nitrogens with one attached hydrogen (secondary N) is 1.